The highest BCUT2D eigenvalue weighted by atomic mass is 19.1. The van der Waals surface area contributed by atoms with Gasteiger partial charge in [0.2, 0.25) is 5.88 Å². The molecule has 28 heavy (non-hydrogen) atoms. The molecule has 0 radical (unpaired) electrons. The Morgan fingerprint density at radius 3 is 2.57 bits per heavy atom. The minimum absolute atomic E-state index is 0.265. The van der Waals surface area contributed by atoms with Crippen molar-refractivity contribution in [3.8, 4) is 23.1 Å². The summed E-state index contributed by atoms with van der Waals surface area (Å²) in [5, 5.41) is 2.83. The summed E-state index contributed by atoms with van der Waals surface area (Å²) < 4.78 is 29.1. The van der Waals surface area contributed by atoms with Crippen molar-refractivity contribution in [2.75, 3.05) is 14.2 Å². The number of methoxy groups -OCH3 is 2. The number of para-hydroxylation sites is 1. The second-order valence-electron chi connectivity index (χ2n) is 5.78. The van der Waals surface area contributed by atoms with E-state index in [0.29, 0.717) is 28.7 Å². The lowest BCUT2D eigenvalue weighted by molar-refractivity contribution is 0.0947. The van der Waals surface area contributed by atoms with E-state index in [4.69, 9.17) is 14.2 Å². The van der Waals surface area contributed by atoms with Crippen LogP contribution < -0.4 is 19.5 Å². The van der Waals surface area contributed by atoms with Crippen LogP contribution in [0.25, 0.3) is 0 Å². The molecule has 0 spiro atoms. The van der Waals surface area contributed by atoms with Crippen molar-refractivity contribution in [1.29, 1.82) is 0 Å². The van der Waals surface area contributed by atoms with Crippen molar-refractivity contribution in [3.05, 3.63) is 77.7 Å². The first-order valence-electron chi connectivity index (χ1n) is 8.48. The summed E-state index contributed by atoms with van der Waals surface area (Å²) in [5.41, 5.74) is 1.17. The van der Waals surface area contributed by atoms with Gasteiger partial charge in [0.05, 0.1) is 19.8 Å². The smallest absolute Gasteiger partial charge is 0.255 e. The summed E-state index contributed by atoms with van der Waals surface area (Å²) in [7, 11) is 3.00. The van der Waals surface area contributed by atoms with Crippen molar-refractivity contribution in [2.24, 2.45) is 0 Å². The molecule has 1 N–H and O–H groups in total. The summed E-state index contributed by atoms with van der Waals surface area (Å²) in [6, 6.07) is 14.2. The van der Waals surface area contributed by atoms with Crippen LogP contribution in [0, 0.1) is 5.82 Å². The minimum Gasteiger partial charge on any atom is -0.493 e. The number of halogens is 1. The number of ether oxygens (including phenoxy) is 3. The van der Waals surface area contributed by atoms with Gasteiger partial charge in [0.15, 0.2) is 11.5 Å². The first-order chi connectivity index (χ1) is 13.6. The molecule has 0 unspecified atom stereocenters. The maximum atomic E-state index is 13.0. The number of carbonyl (C=O) groups excluding carboxylic acids is 1. The Bertz CT molecular complexity index is 961. The van der Waals surface area contributed by atoms with Crippen LogP contribution in [0.2, 0.25) is 0 Å². The monoisotopic (exact) mass is 382 g/mol. The van der Waals surface area contributed by atoms with Crippen molar-refractivity contribution >= 4 is 5.91 Å². The van der Waals surface area contributed by atoms with E-state index >= 15 is 0 Å². The first-order valence-corrected chi connectivity index (χ1v) is 8.48. The summed E-state index contributed by atoms with van der Waals surface area (Å²) in [4.78, 5) is 16.7. The number of nitrogens with zero attached hydrogens (tertiary/aromatic N) is 1. The third-order valence-electron chi connectivity index (χ3n) is 3.94. The van der Waals surface area contributed by atoms with Crippen LogP contribution in [-0.2, 0) is 6.54 Å². The fraction of sp³-hybridized carbons (Fsp3) is 0.143. The Morgan fingerprint density at radius 1 is 1.07 bits per heavy atom. The third-order valence-corrected chi connectivity index (χ3v) is 3.94. The van der Waals surface area contributed by atoms with Gasteiger partial charge in [-0.2, -0.15) is 0 Å². The molecule has 0 atom stereocenters. The van der Waals surface area contributed by atoms with Crippen LogP contribution in [-0.4, -0.2) is 25.1 Å². The largest absolute Gasteiger partial charge is 0.493 e. The SMILES string of the molecule is COc1cccc(C(=O)NCc2ccnc(Oc3ccc(F)cc3)c2)c1OC. The molecule has 2 aromatic carbocycles. The molecule has 0 aliphatic rings. The van der Waals surface area contributed by atoms with Gasteiger partial charge < -0.3 is 19.5 Å². The Balaban J connectivity index is 1.68. The average molecular weight is 382 g/mol. The third kappa shape index (κ3) is 4.56. The number of hydrogen-bond donors (Lipinski definition) is 1. The van der Waals surface area contributed by atoms with Crippen LogP contribution in [0.4, 0.5) is 4.39 Å². The molecule has 3 aromatic rings. The molecule has 1 heterocycles. The van der Waals surface area contributed by atoms with E-state index in [1.54, 1.807) is 36.5 Å². The highest BCUT2D eigenvalue weighted by Crippen LogP contribution is 2.30. The Kier molecular flexibility index (Phi) is 6.06. The lowest BCUT2D eigenvalue weighted by Crippen LogP contribution is -2.23. The van der Waals surface area contributed by atoms with Gasteiger partial charge in [0.1, 0.15) is 11.6 Å². The quantitative estimate of drug-likeness (QED) is 0.670. The molecule has 3 rings (SSSR count). The molecule has 0 aliphatic heterocycles. The number of nitrogens with one attached hydrogen (secondary N) is 1. The van der Waals surface area contributed by atoms with Gasteiger partial charge >= 0.3 is 0 Å². The van der Waals surface area contributed by atoms with Gasteiger partial charge in [-0.3, -0.25) is 4.79 Å². The van der Waals surface area contributed by atoms with E-state index in [1.165, 1.54) is 38.5 Å². The molecule has 144 valence electrons. The zero-order chi connectivity index (χ0) is 19.9. The molecule has 0 bridgehead atoms. The van der Waals surface area contributed by atoms with Crippen LogP contribution in [0.3, 0.4) is 0 Å². The molecular weight excluding hydrogens is 363 g/mol. The van der Waals surface area contributed by atoms with Gasteiger partial charge in [-0.05, 0) is 48.0 Å². The number of aromatic nitrogens is 1. The molecule has 1 amide bonds. The van der Waals surface area contributed by atoms with Crippen LogP contribution in [0.15, 0.2) is 60.8 Å². The van der Waals surface area contributed by atoms with Gasteiger partial charge in [0, 0.05) is 18.8 Å². The number of carbonyl (C=O) groups is 1. The summed E-state index contributed by atoms with van der Waals surface area (Å²) in [6.07, 6.45) is 1.58. The second kappa shape index (κ2) is 8.85. The Labute approximate surface area is 161 Å². The molecule has 0 fully saturated rings. The maximum Gasteiger partial charge on any atom is 0.255 e. The Hall–Kier alpha value is -3.61. The predicted molar refractivity (Wildman–Crippen MR) is 101 cm³/mol. The lowest BCUT2D eigenvalue weighted by atomic mass is 10.1. The molecule has 6 nitrogen and oxygen atoms in total. The average Bonchev–Trinajstić information content (AvgIpc) is 2.73. The van der Waals surface area contributed by atoms with Crippen molar-refractivity contribution in [2.45, 2.75) is 6.54 Å². The van der Waals surface area contributed by atoms with Crippen molar-refractivity contribution in [1.82, 2.24) is 10.3 Å². The lowest BCUT2D eigenvalue weighted by Gasteiger charge is -2.13. The number of benzene rings is 2. The minimum atomic E-state index is -0.343. The van der Waals surface area contributed by atoms with Crippen LogP contribution in [0.1, 0.15) is 15.9 Å². The molecule has 7 heteroatoms. The maximum absolute atomic E-state index is 13.0. The number of pyridine rings is 1. The van der Waals surface area contributed by atoms with Gasteiger partial charge in [-0.1, -0.05) is 6.07 Å². The van der Waals surface area contributed by atoms with E-state index in [2.05, 4.69) is 10.3 Å². The van der Waals surface area contributed by atoms with Gasteiger partial charge in [-0.25, -0.2) is 9.37 Å². The predicted octanol–water partition coefficient (Wildman–Crippen LogP) is 3.96. The number of amides is 1. The first kappa shape index (κ1) is 19.2. The van der Waals surface area contributed by atoms with E-state index in [1.807, 2.05) is 0 Å². The summed E-state index contributed by atoms with van der Waals surface area (Å²) >= 11 is 0. The molecule has 1 aromatic heterocycles. The number of hydrogen-bond acceptors (Lipinski definition) is 5. The van der Waals surface area contributed by atoms with E-state index in [9.17, 15) is 9.18 Å². The second-order valence-corrected chi connectivity index (χ2v) is 5.78. The summed E-state index contributed by atoms with van der Waals surface area (Å²) in [6.45, 7) is 0.265. The fourth-order valence-electron chi connectivity index (χ4n) is 2.58. The van der Waals surface area contributed by atoms with E-state index in [-0.39, 0.29) is 18.3 Å². The number of rotatable bonds is 7. The zero-order valence-corrected chi connectivity index (χ0v) is 15.4. The highest BCUT2D eigenvalue weighted by Gasteiger charge is 2.16. The normalized spacial score (nSPS) is 10.2. The van der Waals surface area contributed by atoms with Crippen LogP contribution in [0.5, 0.6) is 23.1 Å². The highest BCUT2D eigenvalue weighted by molar-refractivity contribution is 5.97. The van der Waals surface area contributed by atoms with Crippen molar-refractivity contribution in [3.63, 3.8) is 0 Å². The van der Waals surface area contributed by atoms with Crippen LogP contribution >= 0.6 is 0 Å². The molecule has 0 saturated carbocycles. The van der Waals surface area contributed by atoms with Gasteiger partial charge in [-0.15, -0.1) is 0 Å². The molecule has 0 saturated heterocycles. The van der Waals surface area contributed by atoms with Gasteiger partial charge in [0.25, 0.3) is 5.91 Å². The standard InChI is InChI=1S/C21H19FN2O4/c1-26-18-5-3-4-17(20(18)27-2)21(25)24-13-14-10-11-23-19(12-14)28-16-8-6-15(22)7-9-16/h3-12H,13H2,1-2H3,(H,24,25). The Morgan fingerprint density at radius 2 is 1.86 bits per heavy atom. The van der Waals surface area contributed by atoms with E-state index < -0.39 is 0 Å². The molecular formula is C21H19FN2O4. The zero-order valence-electron chi connectivity index (χ0n) is 15.4. The topological polar surface area (TPSA) is 69.7 Å². The fourth-order valence-corrected chi connectivity index (χ4v) is 2.58. The van der Waals surface area contributed by atoms with Crippen molar-refractivity contribution < 1.29 is 23.4 Å². The molecule has 0 aliphatic carbocycles. The van der Waals surface area contributed by atoms with E-state index in [0.717, 1.165) is 5.56 Å². The summed E-state index contributed by atoms with van der Waals surface area (Å²) in [5.74, 6) is 1.03.